The van der Waals surface area contributed by atoms with E-state index >= 15 is 0 Å². The van der Waals surface area contributed by atoms with Crippen LogP contribution in [0.25, 0.3) is 0 Å². The summed E-state index contributed by atoms with van der Waals surface area (Å²) in [4.78, 5) is 12.3. The number of rotatable bonds is 8. The third-order valence-electron chi connectivity index (χ3n) is 3.68. The van der Waals surface area contributed by atoms with Gasteiger partial charge in [0.15, 0.2) is 0 Å². The van der Waals surface area contributed by atoms with E-state index in [9.17, 15) is 17.6 Å². The van der Waals surface area contributed by atoms with Crippen LogP contribution in [0.1, 0.15) is 22.8 Å². The fourth-order valence-corrected chi connectivity index (χ4v) is 3.73. The second kappa shape index (κ2) is 10.2. The van der Waals surface area contributed by atoms with Crippen LogP contribution in [0.15, 0.2) is 47.4 Å². The minimum absolute atomic E-state index is 0. The molecular formula is C18H23ClFN3O3S. The van der Waals surface area contributed by atoms with E-state index < -0.39 is 15.8 Å². The van der Waals surface area contributed by atoms with Crippen molar-refractivity contribution in [2.45, 2.75) is 18.7 Å². The Kier molecular flexibility index (Phi) is 8.68. The molecular weight excluding hydrogens is 393 g/mol. The molecule has 0 fully saturated rings. The van der Waals surface area contributed by atoms with Gasteiger partial charge in [0.25, 0.3) is 15.9 Å². The molecule has 0 aromatic heterocycles. The zero-order chi connectivity index (χ0) is 19.2. The van der Waals surface area contributed by atoms with Gasteiger partial charge in [0.05, 0.1) is 16.1 Å². The zero-order valence-electron chi connectivity index (χ0n) is 15.1. The first kappa shape index (κ1) is 22.9. The van der Waals surface area contributed by atoms with Crippen LogP contribution in [-0.4, -0.2) is 34.0 Å². The molecule has 0 saturated heterocycles. The summed E-state index contributed by atoms with van der Waals surface area (Å²) >= 11 is 0. The molecule has 3 N–H and O–H groups in total. The topological polar surface area (TPSA) is 87.3 Å². The maximum absolute atomic E-state index is 13.2. The fourth-order valence-electron chi connectivity index (χ4n) is 2.42. The van der Waals surface area contributed by atoms with Crippen molar-refractivity contribution >= 4 is 34.0 Å². The number of aryl methyl sites for hydroxylation is 1. The predicted octanol–water partition coefficient (Wildman–Crippen LogP) is 2.70. The number of hydrogen-bond donors (Lipinski definition) is 3. The van der Waals surface area contributed by atoms with Crippen molar-refractivity contribution in [3.63, 3.8) is 0 Å². The highest BCUT2D eigenvalue weighted by molar-refractivity contribution is 7.92. The second-order valence-corrected chi connectivity index (χ2v) is 7.32. The molecule has 0 heterocycles. The van der Waals surface area contributed by atoms with Crippen molar-refractivity contribution in [1.29, 1.82) is 0 Å². The van der Waals surface area contributed by atoms with Crippen LogP contribution >= 0.6 is 12.4 Å². The SMILES string of the molecule is CCNCCNC(=O)c1ccccc1NS(=O)(=O)c1ccc(F)cc1C.Cl. The van der Waals surface area contributed by atoms with Gasteiger partial charge in [-0.1, -0.05) is 19.1 Å². The maximum Gasteiger partial charge on any atom is 0.262 e. The first-order valence-corrected chi connectivity index (χ1v) is 9.70. The summed E-state index contributed by atoms with van der Waals surface area (Å²) in [7, 11) is -3.95. The normalized spacial score (nSPS) is 10.8. The summed E-state index contributed by atoms with van der Waals surface area (Å²) in [5.41, 5.74) is 0.662. The van der Waals surface area contributed by atoms with E-state index in [-0.39, 0.29) is 40.0 Å². The summed E-state index contributed by atoms with van der Waals surface area (Å²) in [5.74, 6) is -0.890. The van der Waals surface area contributed by atoms with E-state index in [0.717, 1.165) is 18.7 Å². The Labute approximate surface area is 165 Å². The lowest BCUT2D eigenvalue weighted by molar-refractivity contribution is 0.0955. The Morgan fingerprint density at radius 1 is 1.11 bits per heavy atom. The standard InChI is InChI=1S/C18H22FN3O3S.ClH/c1-3-20-10-11-21-18(23)15-6-4-5-7-16(15)22-26(24,25)17-9-8-14(19)12-13(17)2;/h4-9,12,20,22H,3,10-11H2,1-2H3,(H,21,23);1H. The second-order valence-electron chi connectivity index (χ2n) is 5.67. The molecule has 9 heteroatoms. The molecule has 0 unspecified atom stereocenters. The third kappa shape index (κ3) is 6.20. The molecule has 0 aliphatic heterocycles. The molecule has 0 saturated carbocycles. The van der Waals surface area contributed by atoms with Crippen LogP contribution in [0.3, 0.4) is 0 Å². The first-order chi connectivity index (χ1) is 12.3. The van der Waals surface area contributed by atoms with Gasteiger partial charge in [0.2, 0.25) is 0 Å². The molecule has 1 amide bonds. The molecule has 6 nitrogen and oxygen atoms in total. The molecule has 0 radical (unpaired) electrons. The molecule has 0 bridgehead atoms. The van der Waals surface area contributed by atoms with E-state index in [1.807, 2.05) is 6.92 Å². The molecule has 0 aliphatic carbocycles. The zero-order valence-corrected chi connectivity index (χ0v) is 16.7. The molecule has 2 rings (SSSR count). The smallest absolute Gasteiger partial charge is 0.262 e. The van der Waals surface area contributed by atoms with Crippen LogP contribution in [0, 0.1) is 12.7 Å². The number of likely N-dealkylation sites (N-methyl/N-ethyl adjacent to an activating group) is 1. The average Bonchev–Trinajstić information content (AvgIpc) is 2.58. The Morgan fingerprint density at radius 2 is 1.81 bits per heavy atom. The Hall–Kier alpha value is -2.16. The quantitative estimate of drug-likeness (QED) is 0.578. The molecule has 2 aromatic rings. The van der Waals surface area contributed by atoms with Gasteiger partial charge in [-0.25, -0.2) is 12.8 Å². The summed E-state index contributed by atoms with van der Waals surface area (Å²) in [5, 5.41) is 5.82. The molecule has 27 heavy (non-hydrogen) atoms. The van der Waals surface area contributed by atoms with Gasteiger partial charge in [-0.05, 0) is 49.4 Å². The number of anilines is 1. The van der Waals surface area contributed by atoms with Gasteiger partial charge in [0, 0.05) is 13.1 Å². The lowest BCUT2D eigenvalue weighted by atomic mass is 10.1. The number of sulfonamides is 1. The van der Waals surface area contributed by atoms with Crippen molar-refractivity contribution in [2.24, 2.45) is 0 Å². The van der Waals surface area contributed by atoms with Crippen LogP contribution < -0.4 is 15.4 Å². The van der Waals surface area contributed by atoms with Crippen molar-refractivity contribution in [2.75, 3.05) is 24.4 Å². The highest BCUT2D eigenvalue weighted by Gasteiger charge is 2.20. The Morgan fingerprint density at radius 3 is 2.48 bits per heavy atom. The van der Waals surface area contributed by atoms with Crippen molar-refractivity contribution in [3.8, 4) is 0 Å². The number of nitrogens with one attached hydrogen (secondary N) is 3. The Bertz CT molecular complexity index is 891. The van der Waals surface area contributed by atoms with Crippen LogP contribution in [-0.2, 0) is 10.0 Å². The van der Waals surface area contributed by atoms with Gasteiger partial charge >= 0.3 is 0 Å². The molecule has 0 aliphatic rings. The van der Waals surface area contributed by atoms with E-state index in [1.165, 1.54) is 25.1 Å². The monoisotopic (exact) mass is 415 g/mol. The van der Waals surface area contributed by atoms with E-state index in [4.69, 9.17) is 0 Å². The maximum atomic E-state index is 13.2. The summed E-state index contributed by atoms with van der Waals surface area (Å²) in [6.45, 7) is 5.30. The average molecular weight is 416 g/mol. The van der Waals surface area contributed by atoms with E-state index in [1.54, 1.807) is 12.1 Å². The van der Waals surface area contributed by atoms with Crippen LogP contribution in [0.4, 0.5) is 10.1 Å². The van der Waals surface area contributed by atoms with E-state index in [2.05, 4.69) is 15.4 Å². The number of halogens is 2. The highest BCUT2D eigenvalue weighted by atomic mass is 35.5. The van der Waals surface area contributed by atoms with Crippen LogP contribution in [0.2, 0.25) is 0 Å². The van der Waals surface area contributed by atoms with Gasteiger partial charge in [0.1, 0.15) is 5.82 Å². The first-order valence-electron chi connectivity index (χ1n) is 8.22. The molecule has 2 aromatic carbocycles. The van der Waals surface area contributed by atoms with Gasteiger partial charge in [-0.3, -0.25) is 9.52 Å². The number of carbonyl (C=O) groups excluding carboxylic acids is 1. The molecule has 0 atom stereocenters. The molecule has 148 valence electrons. The number of hydrogen-bond acceptors (Lipinski definition) is 4. The van der Waals surface area contributed by atoms with Crippen molar-refractivity contribution in [3.05, 3.63) is 59.4 Å². The largest absolute Gasteiger partial charge is 0.351 e. The summed E-state index contributed by atoms with van der Waals surface area (Å²) in [6, 6.07) is 9.76. The third-order valence-corrected chi connectivity index (χ3v) is 5.21. The molecule has 0 spiro atoms. The number of para-hydroxylation sites is 1. The lowest BCUT2D eigenvalue weighted by Crippen LogP contribution is -2.32. The summed E-state index contributed by atoms with van der Waals surface area (Å²) in [6.07, 6.45) is 0. The minimum atomic E-state index is -3.95. The number of carbonyl (C=O) groups is 1. The Balaban J connectivity index is 0.00000364. The lowest BCUT2D eigenvalue weighted by Gasteiger charge is -2.14. The van der Waals surface area contributed by atoms with Gasteiger partial charge < -0.3 is 10.6 Å². The highest BCUT2D eigenvalue weighted by Crippen LogP contribution is 2.22. The van der Waals surface area contributed by atoms with Crippen molar-refractivity contribution in [1.82, 2.24) is 10.6 Å². The van der Waals surface area contributed by atoms with Crippen LogP contribution in [0.5, 0.6) is 0 Å². The number of amides is 1. The van der Waals surface area contributed by atoms with Gasteiger partial charge in [-0.15, -0.1) is 12.4 Å². The predicted molar refractivity (Wildman–Crippen MR) is 107 cm³/mol. The minimum Gasteiger partial charge on any atom is -0.351 e. The number of benzene rings is 2. The van der Waals surface area contributed by atoms with Crippen molar-refractivity contribution < 1.29 is 17.6 Å². The fraction of sp³-hybridized carbons (Fsp3) is 0.278. The summed E-state index contributed by atoms with van der Waals surface area (Å²) < 4.78 is 40.9. The van der Waals surface area contributed by atoms with E-state index in [0.29, 0.717) is 13.1 Å². The van der Waals surface area contributed by atoms with Gasteiger partial charge in [-0.2, -0.15) is 0 Å².